The minimum absolute atomic E-state index is 0.128. The first-order valence-corrected chi connectivity index (χ1v) is 4.61. The van der Waals surface area contributed by atoms with Crippen LogP contribution in [0.25, 0.3) is 0 Å². The second-order valence-electron chi connectivity index (χ2n) is 2.75. The third-order valence-corrected chi connectivity index (χ3v) is 2.07. The van der Waals surface area contributed by atoms with Gasteiger partial charge in [0.1, 0.15) is 0 Å². The van der Waals surface area contributed by atoms with E-state index in [9.17, 15) is 26.3 Å². The highest BCUT2D eigenvalue weighted by Crippen LogP contribution is 2.38. The Balaban J connectivity index is 3.23. The van der Waals surface area contributed by atoms with Crippen molar-refractivity contribution >= 4 is 21.6 Å². The third kappa shape index (κ3) is 3.03. The van der Waals surface area contributed by atoms with Crippen molar-refractivity contribution < 1.29 is 26.3 Å². The summed E-state index contributed by atoms with van der Waals surface area (Å²) in [7, 11) is 0. The van der Waals surface area contributed by atoms with Crippen molar-refractivity contribution in [1.29, 1.82) is 0 Å². The molecular weight excluding hydrogens is 304 g/mol. The lowest BCUT2D eigenvalue weighted by atomic mass is 10.3. The zero-order valence-electron chi connectivity index (χ0n) is 7.40. The molecule has 0 heterocycles. The molecule has 0 bridgehead atoms. The van der Waals surface area contributed by atoms with E-state index in [2.05, 4.69) is 15.9 Å². The van der Waals surface area contributed by atoms with E-state index in [-0.39, 0.29) is 4.47 Å². The van der Waals surface area contributed by atoms with Gasteiger partial charge in [-0.2, -0.15) is 4.90 Å². The molecule has 0 aliphatic heterocycles. The van der Waals surface area contributed by atoms with Crippen molar-refractivity contribution in [2.24, 2.45) is 0 Å². The standard InChI is InChI=1S/C8H4BrF6N/c9-5-2-1-3-6(4-5)16(7(10,11)12)8(13,14)15/h1-4H. The average Bonchev–Trinajstić information content (AvgIpc) is 1.97. The molecule has 0 aliphatic rings. The second kappa shape index (κ2) is 4.15. The number of hydrogen-bond donors (Lipinski definition) is 0. The van der Waals surface area contributed by atoms with Crippen LogP contribution in [0.1, 0.15) is 0 Å². The molecule has 0 aliphatic carbocycles. The normalized spacial score (nSPS) is 12.7. The molecule has 0 atom stereocenters. The van der Waals surface area contributed by atoms with E-state index in [1.165, 1.54) is 6.07 Å². The maximum absolute atomic E-state index is 12.2. The number of nitrogens with zero attached hydrogens (tertiary/aromatic N) is 1. The van der Waals surface area contributed by atoms with Gasteiger partial charge in [-0.1, -0.05) is 22.0 Å². The van der Waals surface area contributed by atoms with Crippen LogP contribution >= 0.6 is 15.9 Å². The summed E-state index contributed by atoms with van der Waals surface area (Å²) in [5, 5.41) is 0. The van der Waals surface area contributed by atoms with Crippen LogP contribution in [0.4, 0.5) is 32.0 Å². The van der Waals surface area contributed by atoms with Crippen LogP contribution in [0.5, 0.6) is 0 Å². The van der Waals surface area contributed by atoms with Crippen molar-refractivity contribution in [3.05, 3.63) is 28.7 Å². The molecule has 8 heteroatoms. The molecule has 0 amide bonds. The Hall–Kier alpha value is -0.920. The Kier molecular flexibility index (Phi) is 3.41. The summed E-state index contributed by atoms with van der Waals surface area (Å²) < 4.78 is 73.5. The molecule has 1 nitrogen and oxygen atoms in total. The van der Waals surface area contributed by atoms with Crippen molar-refractivity contribution in [1.82, 2.24) is 0 Å². The summed E-state index contributed by atoms with van der Waals surface area (Å²) in [6.45, 7) is 0. The lowest BCUT2D eigenvalue weighted by molar-refractivity contribution is -0.226. The van der Waals surface area contributed by atoms with Crippen LogP contribution in [-0.4, -0.2) is 12.6 Å². The minimum Gasteiger partial charge on any atom is -0.194 e. The summed E-state index contributed by atoms with van der Waals surface area (Å²) in [6, 6.07) is 3.88. The lowest BCUT2D eigenvalue weighted by Crippen LogP contribution is -2.48. The Morgan fingerprint density at radius 1 is 0.938 bits per heavy atom. The van der Waals surface area contributed by atoms with Crippen molar-refractivity contribution in [3.8, 4) is 0 Å². The predicted octanol–water partition coefficient (Wildman–Crippen LogP) is 4.30. The summed E-state index contributed by atoms with van der Waals surface area (Å²) in [5.41, 5.74) is -0.991. The zero-order chi connectivity index (χ0) is 12.6. The van der Waals surface area contributed by atoms with Crippen LogP contribution in [0.2, 0.25) is 0 Å². The zero-order valence-corrected chi connectivity index (χ0v) is 8.99. The molecule has 0 fully saturated rings. The SMILES string of the molecule is FC(F)(F)N(c1cccc(Br)c1)C(F)(F)F. The topological polar surface area (TPSA) is 3.24 Å². The van der Waals surface area contributed by atoms with Crippen LogP contribution in [0, 0.1) is 0 Å². The first-order valence-electron chi connectivity index (χ1n) is 3.82. The number of alkyl halides is 6. The monoisotopic (exact) mass is 307 g/mol. The molecule has 0 saturated carbocycles. The van der Waals surface area contributed by atoms with Gasteiger partial charge in [-0.25, -0.2) is 0 Å². The second-order valence-corrected chi connectivity index (χ2v) is 3.67. The summed E-state index contributed by atoms with van der Waals surface area (Å²) in [4.78, 5) is -1.55. The summed E-state index contributed by atoms with van der Waals surface area (Å²) in [5.74, 6) is 0. The van der Waals surface area contributed by atoms with E-state index in [0.717, 1.165) is 18.2 Å². The van der Waals surface area contributed by atoms with E-state index in [1.807, 2.05) is 0 Å². The Morgan fingerprint density at radius 2 is 1.44 bits per heavy atom. The number of benzene rings is 1. The molecule has 1 aromatic rings. The molecule has 0 radical (unpaired) electrons. The van der Waals surface area contributed by atoms with Gasteiger partial charge in [-0.3, -0.25) is 0 Å². The van der Waals surface area contributed by atoms with Gasteiger partial charge in [0.2, 0.25) is 0 Å². The maximum atomic E-state index is 12.2. The van der Waals surface area contributed by atoms with Crippen molar-refractivity contribution in [2.45, 2.75) is 12.6 Å². The van der Waals surface area contributed by atoms with Crippen LogP contribution in [0.3, 0.4) is 0 Å². The van der Waals surface area contributed by atoms with Gasteiger partial charge in [0, 0.05) is 4.47 Å². The fourth-order valence-corrected chi connectivity index (χ4v) is 1.44. The highest BCUT2D eigenvalue weighted by Gasteiger charge is 2.53. The Morgan fingerprint density at radius 3 is 1.81 bits per heavy atom. The lowest BCUT2D eigenvalue weighted by Gasteiger charge is -2.28. The Bertz CT molecular complexity index is 358. The number of rotatable bonds is 1. The largest absolute Gasteiger partial charge is 0.491 e. The summed E-state index contributed by atoms with van der Waals surface area (Å²) in [6.07, 6.45) is -11.0. The minimum atomic E-state index is -5.51. The molecule has 0 saturated heterocycles. The fraction of sp³-hybridized carbons (Fsp3) is 0.250. The van der Waals surface area contributed by atoms with Gasteiger partial charge in [-0.15, -0.1) is 26.3 Å². The summed E-state index contributed by atoms with van der Waals surface area (Å²) >= 11 is 2.80. The molecule has 0 N–H and O–H groups in total. The van der Waals surface area contributed by atoms with Gasteiger partial charge in [0.15, 0.2) is 0 Å². The van der Waals surface area contributed by atoms with Gasteiger partial charge in [0.05, 0.1) is 5.69 Å². The molecule has 90 valence electrons. The van der Waals surface area contributed by atoms with E-state index in [1.54, 1.807) is 0 Å². The Labute approximate surface area is 94.8 Å². The fourth-order valence-electron chi connectivity index (χ4n) is 1.05. The van der Waals surface area contributed by atoms with E-state index < -0.39 is 23.2 Å². The van der Waals surface area contributed by atoms with Crippen molar-refractivity contribution in [3.63, 3.8) is 0 Å². The molecule has 0 unspecified atom stereocenters. The van der Waals surface area contributed by atoms with E-state index >= 15 is 0 Å². The van der Waals surface area contributed by atoms with Gasteiger partial charge in [0.25, 0.3) is 0 Å². The number of halogens is 7. The first-order chi connectivity index (χ1) is 7.12. The van der Waals surface area contributed by atoms with Gasteiger partial charge in [-0.05, 0) is 18.2 Å². The average molecular weight is 308 g/mol. The molecule has 16 heavy (non-hydrogen) atoms. The highest BCUT2D eigenvalue weighted by molar-refractivity contribution is 9.10. The number of anilines is 1. The predicted molar refractivity (Wildman–Crippen MR) is 48.7 cm³/mol. The van der Waals surface area contributed by atoms with Crippen LogP contribution in [0.15, 0.2) is 28.7 Å². The first kappa shape index (κ1) is 13.1. The quantitative estimate of drug-likeness (QED) is 0.552. The third-order valence-electron chi connectivity index (χ3n) is 1.57. The van der Waals surface area contributed by atoms with E-state index in [0.29, 0.717) is 0 Å². The van der Waals surface area contributed by atoms with Gasteiger partial charge >= 0.3 is 12.6 Å². The molecule has 1 aromatic carbocycles. The van der Waals surface area contributed by atoms with E-state index in [4.69, 9.17) is 0 Å². The van der Waals surface area contributed by atoms with Crippen molar-refractivity contribution in [2.75, 3.05) is 4.90 Å². The van der Waals surface area contributed by atoms with Crippen LogP contribution in [-0.2, 0) is 0 Å². The maximum Gasteiger partial charge on any atom is 0.491 e. The number of hydrogen-bond acceptors (Lipinski definition) is 1. The van der Waals surface area contributed by atoms with Gasteiger partial charge < -0.3 is 0 Å². The molecule has 0 aromatic heterocycles. The van der Waals surface area contributed by atoms with Crippen LogP contribution < -0.4 is 4.90 Å². The molecular formula is C8H4BrF6N. The molecule has 1 rings (SSSR count). The molecule has 0 spiro atoms. The highest BCUT2D eigenvalue weighted by atomic mass is 79.9. The smallest absolute Gasteiger partial charge is 0.194 e.